The Labute approximate surface area is 175 Å². The van der Waals surface area contributed by atoms with E-state index in [2.05, 4.69) is 22.4 Å². The number of likely N-dealkylation sites (N-methyl/N-ethyl adjacent to an activating group) is 1. The molecule has 2 amide bonds. The van der Waals surface area contributed by atoms with Crippen LogP contribution in [0, 0.1) is 0 Å². The summed E-state index contributed by atoms with van der Waals surface area (Å²) >= 11 is 0. The molecule has 0 atom stereocenters. The number of nitrogens with one attached hydrogen (secondary N) is 1. The third-order valence-corrected chi connectivity index (χ3v) is 4.57. The minimum absolute atomic E-state index is 0.197. The third kappa shape index (κ3) is 5.73. The third-order valence-electron chi connectivity index (χ3n) is 4.57. The van der Waals surface area contributed by atoms with Crippen molar-refractivity contribution in [2.24, 2.45) is 0 Å². The lowest BCUT2D eigenvalue weighted by Crippen LogP contribution is -2.33. The molecule has 158 valence electrons. The van der Waals surface area contributed by atoms with E-state index >= 15 is 0 Å². The first-order valence-electron chi connectivity index (χ1n) is 9.77. The maximum absolute atomic E-state index is 12.4. The van der Waals surface area contributed by atoms with E-state index in [9.17, 15) is 4.79 Å². The van der Waals surface area contributed by atoms with Crippen molar-refractivity contribution in [3.05, 3.63) is 65.8 Å². The summed E-state index contributed by atoms with van der Waals surface area (Å²) in [5, 5.41) is 6.78. The number of aromatic nitrogens is 2. The highest BCUT2D eigenvalue weighted by molar-refractivity contribution is 5.90. The summed E-state index contributed by atoms with van der Waals surface area (Å²) in [4.78, 5) is 18.3. The summed E-state index contributed by atoms with van der Waals surface area (Å²) in [6, 6.07) is 14.9. The number of aryl methyl sites for hydroxylation is 1. The number of amides is 2. The second-order valence-corrected chi connectivity index (χ2v) is 6.69. The van der Waals surface area contributed by atoms with Crippen LogP contribution in [-0.2, 0) is 19.4 Å². The van der Waals surface area contributed by atoms with Crippen molar-refractivity contribution in [2.45, 2.75) is 26.4 Å². The largest absolute Gasteiger partial charge is 0.495 e. The number of carbonyl (C=O) groups is 1. The number of hydrogen-bond acceptors (Lipinski definition) is 6. The fourth-order valence-electron chi connectivity index (χ4n) is 2.74. The number of rotatable bonds is 9. The fourth-order valence-corrected chi connectivity index (χ4v) is 2.74. The van der Waals surface area contributed by atoms with Crippen molar-refractivity contribution in [1.82, 2.24) is 15.0 Å². The van der Waals surface area contributed by atoms with Crippen molar-refractivity contribution in [3.8, 4) is 11.5 Å². The van der Waals surface area contributed by atoms with Gasteiger partial charge in [0.1, 0.15) is 11.5 Å². The second-order valence-electron chi connectivity index (χ2n) is 6.69. The van der Waals surface area contributed by atoms with Gasteiger partial charge in [-0.3, -0.25) is 0 Å². The SMILES string of the molecule is CCc1ccc(OCc2nc(CCN(C)C(=O)Nc3ccccc3OC)no2)cc1. The minimum atomic E-state index is -0.248. The number of anilines is 1. The summed E-state index contributed by atoms with van der Waals surface area (Å²) < 4.78 is 16.1. The number of carbonyl (C=O) groups excluding carboxylic acids is 1. The van der Waals surface area contributed by atoms with Gasteiger partial charge < -0.3 is 24.2 Å². The van der Waals surface area contributed by atoms with Gasteiger partial charge in [-0.05, 0) is 36.2 Å². The van der Waals surface area contributed by atoms with Gasteiger partial charge in [0.2, 0.25) is 0 Å². The van der Waals surface area contributed by atoms with Crippen LogP contribution in [0.2, 0.25) is 0 Å². The maximum Gasteiger partial charge on any atom is 0.321 e. The molecule has 0 aliphatic rings. The van der Waals surface area contributed by atoms with Gasteiger partial charge in [-0.2, -0.15) is 4.98 Å². The molecule has 0 fully saturated rings. The Balaban J connectivity index is 1.46. The molecule has 3 aromatic rings. The molecule has 0 aliphatic heterocycles. The summed E-state index contributed by atoms with van der Waals surface area (Å²) in [6.45, 7) is 2.73. The van der Waals surface area contributed by atoms with E-state index < -0.39 is 0 Å². The number of nitrogens with zero attached hydrogens (tertiary/aromatic N) is 3. The second kappa shape index (κ2) is 10.3. The lowest BCUT2D eigenvalue weighted by Gasteiger charge is -2.18. The quantitative estimate of drug-likeness (QED) is 0.575. The van der Waals surface area contributed by atoms with Gasteiger partial charge in [0.15, 0.2) is 12.4 Å². The highest BCUT2D eigenvalue weighted by Gasteiger charge is 2.13. The van der Waals surface area contributed by atoms with Crippen LogP contribution in [0.25, 0.3) is 0 Å². The van der Waals surface area contributed by atoms with Crippen LogP contribution in [0.3, 0.4) is 0 Å². The molecule has 8 heteroatoms. The monoisotopic (exact) mass is 410 g/mol. The molecular weight excluding hydrogens is 384 g/mol. The first kappa shape index (κ1) is 21.2. The molecule has 1 N–H and O–H groups in total. The molecule has 0 unspecified atom stereocenters. The number of ether oxygens (including phenoxy) is 2. The van der Waals surface area contributed by atoms with E-state index in [4.69, 9.17) is 14.0 Å². The topological polar surface area (TPSA) is 89.7 Å². The number of urea groups is 1. The number of hydrogen-bond donors (Lipinski definition) is 1. The Morgan fingerprint density at radius 3 is 2.67 bits per heavy atom. The van der Waals surface area contributed by atoms with Gasteiger partial charge in [-0.15, -0.1) is 0 Å². The van der Waals surface area contributed by atoms with Crippen LogP contribution >= 0.6 is 0 Å². The molecule has 3 rings (SSSR count). The Morgan fingerprint density at radius 1 is 1.17 bits per heavy atom. The smallest absolute Gasteiger partial charge is 0.321 e. The van der Waals surface area contributed by atoms with E-state index in [-0.39, 0.29) is 12.6 Å². The van der Waals surface area contributed by atoms with Crippen molar-refractivity contribution < 1.29 is 18.8 Å². The summed E-state index contributed by atoms with van der Waals surface area (Å²) in [5.74, 6) is 2.27. The first-order valence-corrected chi connectivity index (χ1v) is 9.77. The average Bonchev–Trinajstić information content (AvgIpc) is 3.24. The molecule has 8 nitrogen and oxygen atoms in total. The molecule has 0 saturated heterocycles. The van der Waals surface area contributed by atoms with Gasteiger partial charge in [0.05, 0.1) is 12.8 Å². The highest BCUT2D eigenvalue weighted by Crippen LogP contribution is 2.23. The lowest BCUT2D eigenvalue weighted by molar-refractivity contribution is 0.222. The van der Waals surface area contributed by atoms with Crippen LogP contribution in [0.1, 0.15) is 24.2 Å². The van der Waals surface area contributed by atoms with Gasteiger partial charge in [0, 0.05) is 20.0 Å². The summed E-state index contributed by atoms with van der Waals surface area (Å²) in [5.41, 5.74) is 1.86. The van der Waals surface area contributed by atoms with Gasteiger partial charge in [-0.25, -0.2) is 4.79 Å². The summed E-state index contributed by atoms with van der Waals surface area (Å²) in [7, 11) is 3.27. The van der Waals surface area contributed by atoms with Gasteiger partial charge in [-0.1, -0.05) is 36.3 Å². The van der Waals surface area contributed by atoms with Crippen LogP contribution in [0.15, 0.2) is 53.1 Å². The van der Waals surface area contributed by atoms with E-state index in [1.165, 1.54) is 5.56 Å². The average molecular weight is 410 g/mol. The zero-order valence-electron chi connectivity index (χ0n) is 17.4. The van der Waals surface area contributed by atoms with Crippen molar-refractivity contribution >= 4 is 11.7 Å². The molecule has 0 radical (unpaired) electrons. The predicted octanol–water partition coefficient (Wildman–Crippen LogP) is 3.93. The molecule has 1 heterocycles. The first-order chi connectivity index (χ1) is 14.6. The predicted molar refractivity (Wildman–Crippen MR) is 113 cm³/mol. The molecule has 2 aromatic carbocycles. The number of methoxy groups -OCH3 is 1. The molecule has 0 bridgehead atoms. The molecule has 0 aliphatic carbocycles. The van der Waals surface area contributed by atoms with Crippen molar-refractivity contribution in [2.75, 3.05) is 26.0 Å². The van der Waals surface area contributed by atoms with Crippen LogP contribution in [0.4, 0.5) is 10.5 Å². The van der Waals surface area contributed by atoms with E-state index in [0.29, 0.717) is 36.1 Å². The zero-order valence-corrected chi connectivity index (χ0v) is 17.4. The minimum Gasteiger partial charge on any atom is -0.495 e. The van der Waals surface area contributed by atoms with Crippen LogP contribution in [-0.4, -0.2) is 41.8 Å². The van der Waals surface area contributed by atoms with Gasteiger partial charge >= 0.3 is 6.03 Å². The van der Waals surface area contributed by atoms with E-state index in [0.717, 1.165) is 12.2 Å². The van der Waals surface area contributed by atoms with Gasteiger partial charge in [0.25, 0.3) is 5.89 Å². The Morgan fingerprint density at radius 2 is 1.93 bits per heavy atom. The fraction of sp³-hybridized carbons (Fsp3) is 0.318. The molecule has 0 spiro atoms. The maximum atomic E-state index is 12.4. The van der Waals surface area contributed by atoms with Crippen LogP contribution < -0.4 is 14.8 Å². The molecule has 1 aromatic heterocycles. The van der Waals surface area contributed by atoms with Crippen LogP contribution in [0.5, 0.6) is 11.5 Å². The number of para-hydroxylation sites is 2. The van der Waals surface area contributed by atoms with Crippen molar-refractivity contribution in [3.63, 3.8) is 0 Å². The molecule has 30 heavy (non-hydrogen) atoms. The Hall–Kier alpha value is -3.55. The van der Waals surface area contributed by atoms with E-state index in [1.54, 1.807) is 31.2 Å². The Bertz CT molecular complexity index is 956. The number of benzene rings is 2. The molecule has 0 saturated carbocycles. The highest BCUT2D eigenvalue weighted by atomic mass is 16.5. The normalized spacial score (nSPS) is 10.5. The standard InChI is InChI=1S/C22H26N4O4/c1-4-16-9-11-17(12-10-16)29-15-21-24-20(25-30-21)13-14-26(2)22(27)23-18-7-5-6-8-19(18)28-3/h5-12H,4,13-15H2,1-3H3,(H,23,27). The zero-order chi connectivity index (χ0) is 21.3. The van der Waals surface area contributed by atoms with Crippen molar-refractivity contribution in [1.29, 1.82) is 0 Å². The lowest BCUT2D eigenvalue weighted by atomic mass is 10.2. The Kier molecular flexibility index (Phi) is 7.26. The van der Waals surface area contributed by atoms with E-state index in [1.807, 2.05) is 36.4 Å². The molecular formula is C22H26N4O4. The summed E-state index contributed by atoms with van der Waals surface area (Å²) in [6.07, 6.45) is 1.45.